The van der Waals surface area contributed by atoms with Crippen molar-refractivity contribution >= 4 is 40.4 Å². The Labute approximate surface area is 202 Å². The average molecular weight is 484 g/mol. The second-order valence-corrected chi connectivity index (χ2v) is 9.46. The maximum atomic E-state index is 13.4. The van der Waals surface area contributed by atoms with Crippen LogP contribution in [0, 0.1) is 13.8 Å². The molecular formula is C25H26ClN3O3S. The van der Waals surface area contributed by atoms with Gasteiger partial charge in [0.25, 0.3) is 5.91 Å². The van der Waals surface area contributed by atoms with Crippen LogP contribution in [0.15, 0.2) is 47.8 Å². The Morgan fingerprint density at radius 2 is 2.00 bits per heavy atom. The number of amides is 2. The van der Waals surface area contributed by atoms with E-state index in [2.05, 4.69) is 10.3 Å². The summed E-state index contributed by atoms with van der Waals surface area (Å²) < 4.78 is 5.73. The van der Waals surface area contributed by atoms with Crippen LogP contribution in [0.4, 0.5) is 5.69 Å². The molecule has 0 spiro atoms. The van der Waals surface area contributed by atoms with Gasteiger partial charge in [0.2, 0.25) is 5.91 Å². The molecule has 1 N–H and O–H groups in total. The fourth-order valence-electron chi connectivity index (χ4n) is 3.76. The van der Waals surface area contributed by atoms with E-state index in [9.17, 15) is 9.59 Å². The summed E-state index contributed by atoms with van der Waals surface area (Å²) in [6.07, 6.45) is 1.76. The minimum atomic E-state index is -0.280. The van der Waals surface area contributed by atoms with Gasteiger partial charge in [-0.05, 0) is 56.0 Å². The van der Waals surface area contributed by atoms with Crippen molar-refractivity contribution in [3.8, 4) is 10.6 Å². The molecule has 0 bridgehead atoms. The summed E-state index contributed by atoms with van der Waals surface area (Å²) >= 11 is 7.36. The number of aromatic nitrogens is 1. The molecule has 3 aromatic rings. The fourth-order valence-corrected chi connectivity index (χ4v) is 4.69. The first-order chi connectivity index (χ1) is 15.9. The zero-order chi connectivity index (χ0) is 23.4. The van der Waals surface area contributed by atoms with Crippen molar-refractivity contribution in [2.45, 2.75) is 32.8 Å². The zero-order valence-electron chi connectivity index (χ0n) is 18.6. The van der Waals surface area contributed by atoms with Crippen molar-refractivity contribution in [3.63, 3.8) is 0 Å². The Balaban J connectivity index is 1.51. The van der Waals surface area contributed by atoms with Crippen LogP contribution >= 0.6 is 22.9 Å². The summed E-state index contributed by atoms with van der Waals surface area (Å²) in [6, 6.07) is 13.1. The monoisotopic (exact) mass is 483 g/mol. The highest BCUT2D eigenvalue weighted by Gasteiger charge is 2.27. The van der Waals surface area contributed by atoms with Crippen LogP contribution in [0.5, 0.6) is 0 Å². The summed E-state index contributed by atoms with van der Waals surface area (Å²) in [7, 11) is 0. The van der Waals surface area contributed by atoms with E-state index in [0.29, 0.717) is 23.9 Å². The van der Waals surface area contributed by atoms with E-state index in [4.69, 9.17) is 16.3 Å². The van der Waals surface area contributed by atoms with E-state index in [1.807, 2.05) is 44.2 Å². The lowest BCUT2D eigenvalue weighted by Crippen LogP contribution is -2.42. The lowest BCUT2D eigenvalue weighted by molar-refractivity contribution is -0.117. The van der Waals surface area contributed by atoms with Crippen molar-refractivity contribution in [3.05, 3.63) is 69.7 Å². The molecule has 2 heterocycles. The van der Waals surface area contributed by atoms with E-state index >= 15 is 0 Å². The lowest BCUT2D eigenvalue weighted by atomic mass is 10.1. The maximum Gasteiger partial charge on any atom is 0.273 e. The molecule has 0 saturated carbocycles. The van der Waals surface area contributed by atoms with Gasteiger partial charge in [0.05, 0.1) is 6.10 Å². The molecule has 8 heteroatoms. The Hall–Kier alpha value is -2.74. The van der Waals surface area contributed by atoms with Crippen molar-refractivity contribution < 1.29 is 14.3 Å². The highest BCUT2D eigenvalue weighted by molar-refractivity contribution is 7.13. The van der Waals surface area contributed by atoms with Crippen LogP contribution in [0.3, 0.4) is 0 Å². The summed E-state index contributed by atoms with van der Waals surface area (Å²) in [6.45, 7) is 4.93. The number of aryl methyl sites for hydroxylation is 1. The van der Waals surface area contributed by atoms with Crippen LogP contribution in [0.2, 0.25) is 5.02 Å². The van der Waals surface area contributed by atoms with Gasteiger partial charge in [-0.15, -0.1) is 11.3 Å². The van der Waals surface area contributed by atoms with E-state index < -0.39 is 0 Å². The number of halogens is 1. The summed E-state index contributed by atoms with van der Waals surface area (Å²) in [5, 5.41) is 6.05. The van der Waals surface area contributed by atoms with Crippen molar-refractivity contribution in [1.82, 2.24) is 9.88 Å². The van der Waals surface area contributed by atoms with Gasteiger partial charge in [-0.1, -0.05) is 35.9 Å². The molecule has 0 aliphatic carbocycles. The summed E-state index contributed by atoms with van der Waals surface area (Å²) in [4.78, 5) is 32.3. The van der Waals surface area contributed by atoms with E-state index in [1.54, 1.807) is 17.5 Å². The number of carbonyl (C=O) groups excluding carboxylic acids is 2. The Kier molecular flexibility index (Phi) is 7.42. The van der Waals surface area contributed by atoms with E-state index in [1.165, 1.54) is 16.2 Å². The van der Waals surface area contributed by atoms with Gasteiger partial charge in [-0.2, -0.15) is 0 Å². The van der Waals surface area contributed by atoms with Crippen LogP contribution in [-0.2, 0) is 9.53 Å². The third-order valence-corrected chi connectivity index (χ3v) is 6.91. The molecular weight excluding hydrogens is 458 g/mol. The van der Waals surface area contributed by atoms with Crippen LogP contribution in [0.1, 0.15) is 34.5 Å². The number of anilines is 1. The SMILES string of the molecule is Cc1cccc(NC(=O)CN(CC2CCCO2)C(=O)c2csc(-c3ccc(Cl)cc3)n2)c1C. The Bertz CT molecular complexity index is 1140. The van der Waals surface area contributed by atoms with Gasteiger partial charge >= 0.3 is 0 Å². The third-order valence-electron chi connectivity index (χ3n) is 5.76. The Morgan fingerprint density at radius 3 is 2.73 bits per heavy atom. The van der Waals surface area contributed by atoms with Crippen LogP contribution in [-0.4, -0.2) is 47.5 Å². The number of nitrogens with zero attached hydrogens (tertiary/aromatic N) is 2. The lowest BCUT2D eigenvalue weighted by Gasteiger charge is -2.24. The number of ether oxygens (including phenoxy) is 1. The minimum absolute atomic E-state index is 0.0696. The molecule has 1 fully saturated rings. The number of thiazole rings is 1. The predicted octanol–water partition coefficient (Wildman–Crippen LogP) is 5.34. The second kappa shape index (κ2) is 10.5. The zero-order valence-corrected chi connectivity index (χ0v) is 20.2. The van der Waals surface area contributed by atoms with Crippen molar-refractivity contribution in [2.24, 2.45) is 0 Å². The van der Waals surface area contributed by atoms with Crippen LogP contribution in [0.25, 0.3) is 10.6 Å². The van der Waals surface area contributed by atoms with Crippen LogP contribution < -0.4 is 5.32 Å². The number of nitrogens with one attached hydrogen (secondary N) is 1. The summed E-state index contributed by atoms with van der Waals surface area (Å²) in [5.74, 6) is -0.527. The first-order valence-corrected chi connectivity index (χ1v) is 12.1. The van der Waals surface area contributed by atoms with Gasteiger partial charge in [0, 0.05) is 34.8 Å². The number of hydrogen-bond acceptors (Lipinski definition) is 5. The standard InChI is InChI=1S/C25H26ClN3O3S/c1-16-5-3-7-21(17(16)2)27-23(30)14-29(13-20-6-4-12-32-20)25(31)22-15-33-24(28-22)18-8-10-19(26)11-9-18/h3,5,7-11,15,20H,4,6,12-14H2,1-2H3,(H,27,30). The summed E-state index contributed by atoms with van der Waals surface area (Å²) in [5.41, 5.74) is 4.07. The molecule has 1 aliphatic heterocycles. The largest absolute Gasteiger partial charge is 0.376 e. The quantitative estimate of drug-likeness (QED) is 0.492. The predicted molar refractivity (Wildman–Crippen MR) is 132 cm³/mol. The van der Waals surface area contributed by atoms with E-state index in [-0.39, 0.29) is 24.5 Å². The number of benzene rings is 2. The van der Waals surface area contributed by atoms with Crippen molar-refractivity contribution in [1.29, 1.82) is 0 Å². The van der Waals surface area contributed by atoms with Gasteiger partial charge in [0.1, 0.15) is 17.2 Å². The highest BCUT2D eigenvalue weighted by atomic mass is 35.5. The maximum absolute atomic E-state index is 13.4. The molecule has 1 aliphatic rings. The number of rotatable bonds is 7. The second-order valence-electron chi connectivity index (χ2n) is 8.16. The fraction of sp³-hybridized carbons (Fsp3) is 0.320. The topological polar surface area (TPSA) is 71.5 Å². The molecule has 2 aromatic carbocycles. The molecule has 1 unspecified atom stereocenters. The molecule has 0 radical (unpaired) electrons. The van der Waals surface area contributed by atoms with Gasteiger partial charge in [-0.25, -0.2) is 4.98 Å². The molecule has 33 heavy (non-hydrogen) atoms. The molecule has 4 rings (SSSR count). The van der Waals surface area contributed by atoms with Crippen molar-refractivity contribution in [2.75, 3.05) is 25.0 Å². The first-order valence-electron chi connectivity index (χ1n) is 10.9. The molecule has 1 saturated heterocycles. The molecule has 2 amide bonds. The third kappa shape index (κ3) is 5.79. The molecule has 1 atom stereocenters. The smallest absolute Gasteiger partial charge is 0.273 e. The molecule has 6 nitrogen and oxygen atoms in total. The average Bonchev–Trinajstić information content (AvgIpc) is 3.49. The van der Waals surface area contributed by atoms with Gasteiger partial charge in [0.15, 0.2) is 0 Å². The number of carbonyl (C=O) groups is 2. The Morgan fingerprint density at radius 1 is 1.21 bits per heavy atom. The van der Waals surface area contributed by atoms with Gasteiger partial charge < -0.3 is 15.0 Å². The van der Waals surface area contributed by atoms with Gasteiger partial charge in [-0.3, -0.25) is 9.59 Å². The van der Waals surface area contributed by atoms with E-state index in [0.717, 1.165) is 40.2 Å². The first kappa shape index (κ1) is 23.4. The number of hydrogen-bond donors (Lipinski definition) is 1. The molecule has 1 aromatic heterocycles. The minimum Gasteiger partial charge on any atom is -0.376 e. The highest BCUT2D eigenvalue weighted by Crippen LogP contribution is 2.26. The molecule has 172 valence electrons. The normalized spacial score (nSPS) is 15.4.